The van der Waals surface area contributed by atoms with Crippen LogP contribution >= 0.6 is 0 Å². The quantitative estimate of drug-likeness (QED) is 0.743. The molecule has 1 aliphatic rings. The maximum Gasteiger partial charge on any atom is 0.336 e. The number of phenols is 1. The Kier molecular flexibility index (Phi) is 3.88. The van der Waals surface area contributed by atoms with E-state index < -0.39 is 0 Å². The summed E-state index contributed by atoms with van der Waals surface area (Å²) in [4.78, 5) is 14.5. The van der Waals surface area contributed by atoms with E-state index in [9.17, 15) is 9.90 Å². The molecule has 1 N–H and O–H groups in total. The highest BCUT2D eigenvalue weighted by molar-refractivity contribution is 5.84. The fraction of sp³-hybridized carbons (Fsp3) is 0.350. The molecule has 1 saturated heterocycles. The highest BCUT2D eigenvalue weighted by Crippen LogP contribution is 2.35. The summed E-state index contributed by atoms with van der Waals surface area (Å²) < 4.78 is 7.53. The van der Waals surface area contributed by atoms with Crippen LogP contribution in [0, 0.1) is 6.92 Å². The Morgan fingerprint density at radius 2 is 2.16 bits per heavy atom. The van der Waals surface area contributed by atoms with Gasteiger partial charge in [-0.2, -0.15) is 0 Å². The minimum atomic E-state index is -0.370. The molecular weight excluding hydrogens is 316 g/mol. The van der Waals surface area contributed by atoms with Crippen molar-refractivity contribution in [2.75, 3.05) is 6.54 Å². The SMILES string of the molecule is Cc1c(O)ccc2c(CN3CCC[C@@H]3c3cccn3C)cc(=O)oc12. The lowest BCUT2D eigenvalue weighted by Gasteiger charge is -2.25. The number of likely N-dealkylation sites (tertiary alicyclic amines) is 1. The molecular formula is C20H22N2O3. The fourth-order valence-corrected chi connectivity index (χ4v) is 3.94. The molecule has 1 aliphatic heterocycles. The molecule has 0 radical (unpaired) electrons. The Bertz CT molecular complexity index is 986. The predicted octanol–water partition coefficient (Wildman–Crippen LogP) is 3.48. The van der Waals surface area contributed by atoms with Crippen molar-refractivity contribution in [3.05, 3.63) is 63.8 Å². The van der Waals surface area contributed by atoms with E-state index in [4.69, 9.17) is 4.42 Å². The van der Waals surface area contributed by atoms with E-state index in [1.807, 2.05) is 6.07 Å². The van der Waals surface area contributed by atoms with Crippen molar-refractivity contribution in [2.45, 2.75) is 32.4 Å². The van der Waals surface area contributed by atoms with Crippen LogP contribution in [0.25, 0.3) is 11.0 Å². The number of aryl methyl sites for hydroxylation is 2. The van der Waals surface area contributed by atoms with Gasteiger partial charge in [0.1, 0.15) is 11.3 Å². The van der Waals surface area contributed by atoms with E-state index in [0.717, 1.165) is 30.3 Å². The Morgan fingerprint density at radius 3 is 2.92 bits per heavy atom. The van der Waals surface area contributed by atoms with Crippen molar-refractivity contribution < 1.29 is 9.52 Å². The lowest BCUT2D eigenvalue weighted by molar-refractivity contribution is 0.241. The van der Waals surface area contributed by atoms with Crippen LogP contribution in [0.5, 0.6) is 5.75 Å². The molecule has 0 saturated carbocycles. The lowest BCUT2D eigenvalue weighted by Crippen LogP contribution is -2.24. The van der Waals surface area contributed by atoms with Gasteiger partial charge in [-0.25, -0.2) is 4.79 Å². The lowest BCUT2D eigenvalue weighted by atomic mass is 10.0. The first-order valence-corrected chi connectivity index (χ1v) is 8.65. The Hall–Kier alpha value is -2.53. The van der Waals surface area contributed by atoms with Crippen LogP contribution < -0.4 is 5.63 Å². The van der Waals surface area contributed by atoms with Gasteiger partial charge in [0.2, 0.25) is 0 Å². The smallest absolute Gasteiger partial charge is 0.336 e. The molecule has 0 aliphatic carbocycles. The molecule has 3 aromatic rings. The summed E-state index contributed by atoms with van der Waals surface area (Å²) in [6.07, 6.45) is 4.34. The Morgan fingerprint density at radius 1 is 1.32 bits per heavy atom. The van der Waals surface area contributed by atoms with Crippen molar-refractivity contribution in [1.82, 2.24) is 9.47 Å². The summed E-state index contributed by atoms with van der Waals surface area (Å²) in [6, 6.07) is 9.69. The van der Waals surface area contributed by atoms with Gasteiger partial charge in [0.15, 0.2) is 0 Å². The van der Waals surface area contributed by atoms with Crippen LogP contribution in [0.3, 0.4) is 0 Å². The zero-order chi connectivity index (χ0) is 17.6. The Labute approximate surface area is 146 Å². The maximum atomic E-state index is 12.0. The molecule has 3 heterocycles. The predicted molar refractivity (Wildman–Crippen MR) is 96.7 cm³/mol. The van der Waals surface area contributed by atoms with Gasteiger partial charge in [-0.15, -0.1) is 0 Å². The largest absolute Gasteiger partial charge is 0.508 e. The number of fused-ring (bicyclic) bond motifs is 1. The number of aromatic nitrogens is 1. The third-order valence-electron chi connectivity index (χ3n) is 5.28. The number of aromatic hydroxyl groups is 1. The average molecular weight is 338 g/mol. The molecule has 1 aromatic carbocycles. The fourth-order valence-electron chi connectivity index (χ4n) is 3.94. The van der Waals surface area contributed by atoms with Crippen LogP contribution in [0.2, 0.25) is 0 Å². The second kappa shape index (κ2) is 6.08. The second-order valence-corrected chi connectivity index (χ2v) is 6.85. The summed E-state index contributed by atoms with van der Waals surface area (Å²) in [5, 5.41) is 10.8. The van der Waals surface area contributed by atoms with Gasteiger partial charge in [0.05, 0.1) is 6.04 Å². The standard InChI is InChI=1S/C20H22N2O3/c1-13-18(23)8-7-15-14(11-19(24)25-20(13)15)12-22-10-4-6-17(22)16-5-3-9-21(16)2/h3,5,7-9,11,17,23H,4,6,10,12H2,1-2H3/t17-/m1/s1. The molecule has 0 amide bonds. The molecule has 4 rings (SSSR count). The van der Waals surface area contributed by atoms with Gasteiger partial charge in [-0.05, 0) is 56.1 Å². The zero-order valence-electron chi connectivity index (χ0n) is 14.5. The van der Waals surface area contributed by atoms with Crippen molar-refractivity contribution >= 4 is 11.0 Å². The van der Waals surface area contributed by atoms with Crippen molar-refractivity contribution in [2.24, 2.45) is 7.05 Å². The molecule has 5 heteroatoms. The summed E-state index contributed by atoms with van der Waals surface area (Å²) in [7, 11) is 2.07. The minimum absolute atomic E-state index is 0.149. The van der Waals surface area contributed by atoms with E-state index in [-0.39, 0.29) is 11.4 Å². The highest BCUT2D eigenvalue weighted by atomic mass is 16.4. The number of rotatable bonds is 3. The first-order valence-electron chi connectivity index (χ1n) is 8.65. The van der Waals surface area contributed by atoms with E-state index >= 15 is 0 Å². The van der Waals surface area contributed by atoms with Gasteiger partial charge in [0, 0.05) is 42.5 Å². The van der Waals surface area contributed by atoms with Crippen LogP contribution in [0.1, 0.15) is 35.7 Å². The molecule has 1 fully saturated rings. The zero-order valence-corrected chi connectivity index (χ0v) is 14.5. The second-order valence-electron chi connectivity index (χ2n) is 6.85. The van der Waals surface area contributed by atoms with Crippen molar-refractivity contribution in [3.8, 4) is 5.75 Å². The molecule has 0 unspecified atom stereocenters. The number of hydrogen-bond donors (Lipinski definition) is 1. The molecule has 1 atom stereocenters. The van der Waals surface area contributed by atoms with Gasteiger partial charge in [-0.1, -0.05) is 0 Å². The monoisotopic (exact) mass is 338 g/mol. The highest BCUT2D eigenvalue weighted by Gasteiger charge is 2.28. The summed E-state index contributed by atoms with van der Waals surface area (Å²) in [5.74, 6) is 0.149. The third kappa shape index (κ3) is 2.74. The van der Waals surface area contributed by atoms with Crippen LogP contribution in [0.15, 0.2) is 45.7 Å². The van der Waals surface area contributed by atoms with E-state index in [2.05, 4.69) is 34.8 Å². The molecule has 130 valence electrons. The molecule has 0 spiro atoms. The summed E-state index contributed by atoms with van der Waals surface area (Å²) >= 11 is 0. The van der Waals surface area contributed by atoms with Crippen molar-refractivity contribution in [3.63, 3.8) is 0 Å². The van der Waals surface area contributed by atoms with Gasteiger partial charge < -0.3 is 14.1 Å². The van der Waals surface area contributed by atoms with Crippen LogP contribution in [-0.2, 0) is 13.6 Å². The third-order valence-corrected chi connectivity index (χ3v) is 5.28. The molecule has 25 heavy (non-hydrogen) atoms. The normalized spacial score (nSPS) is 18.2. The summed E-state index contributed by atoms with van der Waals surface area (Å²) in [6.45, 7) is 3.48. The van der Waals surface area contributed by atoms with Gasteiger partial charge in [-0.3, -0.25) is 4.90 Å². The number of hydrogen-bond acceptors (Lipinski definition) is 4. The average Bonchev–Trinajstić information content (AvgIpc) is 3.20. The number of benzene rings is 1. The molecule has 2 aromatic heterocycles. The minimum Gasteiger partial charge on any atom is -0.508 e. The number of nitrogens with zero attached hydrogens (tertiary/aromatic N) is 2. The Balaban J connectivity index is 1.74. The van der Waals surface area contributed by atoms with Crippen LogP contribution in [-0.4, -0.2) is 21.1 Å². The van der Waals surface area contributed by atoms with Crippen molar-refractivity contribution in [1.29, 1.82) is 0 Å². The topological polar surface area (TPSA) is 58.6 Å². The van der Waals surface area contributed by atoms with E-state index in [1.165, 1.54) is 5.69 Å². The van der Waals surface area contributed by atoms with E-state index in [1.54, 1.807) is 19.1 Å². The summed E-state index contributed by atoms with van der Waals surface area (Å²) in [5.41, 5.74) is 2.98. The van der Waals surface area contributed by atoms with Gasteiger partial charge >= 0.3 is 5.63 Å². The van der Waals surface area contributed by atoms with Gasteiger partial charge in [0.25, 0.3) is 0 Å². The maximum absolute atomic E-state index is 12.0. The number of phenolic OH excluding ortho intramolecular Hbond substituents is 1. The van der Waals surface area contributed by atoms with E-state index in [0.29, 0.717) is 23.7 Å². The molecule has 5 nitrogen and oxygen atoms in total. The first-order chi connectivity index (χ1) is 12.0. The molecule has 0 bridgehead atoms. The van der Waals surface area contributed by atoms with Crippen LogP contribution in [0.4, 0.5) is 0 Å². The first kappa shape index (κ1) is 16.0.